The van der Waals surface area contributed by atoms with Crippen molar-refractivity contribution in [2.24, 2.45) is 5.92 Å². The minimum absolute atomic E-state index is 0.0930. The molecular formula is C15H21N3O3. The summed E-state index contributed by atoms with van der Waals surface area (Å²) in [6, 6.07) is 5.20. The zero-order valence-electron chi connectivity index (χ0n) is 12.7. The molecule has 1 fully saturated rings. The Morgan fingerprint density at radius 1 is 1.33 bits per heavy atom. The van der Waals surface area contributed by atoms with Crippen molar-refractivity contribution in [2.75, 3.05) is 32.1 Å². The second-order valence-corrected chi connectivity index (χ2v) is 5.72. The molecular weight excluding hydrogens is 270 g/mol. The zero-order valence-corrected chi connectivity index (χ0v) is 12.7. The third-order valence-corrected chi connectivity index (χ3v) is 4.03. The van der Waals surface area contributed by atoms with Crippen molar-refractivity contribution in [1.29, 1.82) is 0 Å². The first-order valence-corrected chi connectivity index (χ1v) is 7.11. The van der Waals surface area contributed by atoms with Gasteiger partial charge in [0.15, 0.2) is 0 Å². The topological polar surface area (TPSA) is 66.7 Å². The van der Waals surface area contributed by atoms with Gasteiger partial charge in [0.1, 0.15) is 0 Å². The molecule has 0 atom stereocenters. The number of nitro benzene ring substituents is 1. The largest absolute Gasteiger partial charge is 0.371 e. The van der Waals surface area contributed by atoms with Crippen LogP contribution in [0.1, 0.15) is 18.4 Å². The van der Waals surface area contributed by atoms with Crippen molar-refractivity contribution in [3.63, 3.8) is 0 Å². The van der Waals surface area contributed by atoms with Gasteiger partial charge < -0.3 is 9.80 Å². The van der Waals surface area contributed by atoms with E-state index in [2.05, 4.69) is 4.90 Å². The molecule has 1 aromatic rings. The molecule has 1 amide bonds. The number of piperidine rings is 1. The van der Waals surface area contributed by atoms with Crippen LogP contribution in [0.4, 0.5) is 11.4 Å². The summed E-state index contributed by atoms with van der Waals surface area (Å²) in [6.45, 7) is 3.37. The predicted octanol–water partition coefficient (Wildman–Crippen LogP) is 2.21. The first kappa shape index (κ1) is 15.3. The first-order chi connectivity index (χ1) is 9.90. The molecule has 1 aromatic carbocycles. The van der Waals surface area contributed by atoms with Gasteiger partial charge in [-0.3, -0.25) is 14.9 Å². The van der Waals surface area contributed by atoms with Crippen molar-refractivity contribution in [3.8, 4) is 0 Å². The van der Waals surface area contributed by atoms with E-state index in [1.165, 1.54) is 0 Å². The molecule has 21 heavy (non-hydrogen) atoms. The van der Waals surface area contributed by atoms with Crippen LogP contribution in [0.25, 0.3) is 0 Å². The second-order valence-electron chi connectivity index (χ2n) is 5.72. The summed E-state index contributed by atoms with van der Waals surface area (Å²) in [6.07, 6.45) is 1.65. The highest BCUT2D eigenvalue weighted by atomic mass is 16.6. The lowest BCUT2D eigenvalue weighted by atomic mass is 9.95. The number of anilines is 1. The van der Waals surface area contributed by atoms with Crippen LogP contribution < -0.4 is 4.90 Å². The molecule has 6 heteroatoms. The number of benzene rings is 1. The maximum absolute atomic E-state index is 11.9. The van der Waals surface area contributed by atoms with Gasteiger partial charge in [0.2, 0.25) is 5.91 Å². The summed E-state index contributed by atoms with van der Waals surface area (Å²) in [5.74, 6) is 0.282. The van der Waals surface area contributed by atoms with Crippen molar-refractivity contribution in [3.05, 3.63) is 33.9 Å². The van der Waals surface area contributed by atoms with Crippen LogP contribution in [0, 0.1) is 23.0 Å². The van der Waals surface area contributed by atoms with Gasteiger partial charge in [-0.15, -0.1) is 0 Å². The summed E-state index contributed by atoms with van der Waals surface area (Å²) >= 11 is 0. The van der Waals surface area contributed by atoms with Crippen LogP contribution in [0.2, 0.25) is 0 Å². The molecule has 6 nitrogen and oxygen atoms in total. The molecule has 0 aliphatic carbocycles. The van der Waals surface area contributed by atoms with Crippen LogP contribution in [-0.4, -0.2) is 42.9 Å². The summed E-state index contributed by atoms with van der Waals surface area (Å²) in [4.78, 5) is 26.3. The number of carbonyl (C=O) groups is 1. The molecule has 0 aromatic heterocycles. The number of amides is 1. The Morgan fingerprint density at radius 3 is 2.43 bits per heavy atom. The molecule has 0 unspecified atom stereocenters. The number of hydrogen-bond acceptors (Lipinski definition) is 4. The van der Waals surface area contributed by atoms with Crippen LogP contribution in [-0.2, 0) is 4.79 Å². The third kappa shape index (κ3) is 3.32. The second kappa shape index (κ2) is 6.11. The van der Waals surface area contributed by atoms with E-state index in [0.29, 0.717) is 5.56 Å². The normalized spacial score (nSPS) is 15.9. The van der Waals surface area contributed by atoms with Gasteiger partial charge in [-0.1, -0.05) is 0 Å². The van der Waals surface area contributed by atoms with E-state index in [4.69, 9.17) is 0 Å². The van der Waals surface area contributed by atoms with Gasteiger partial charge in [-0.2, -0.15) is 0 Å². The predicted molar refractivity (Wildman–Crippen MR) is 81.5 cm³/mol. The third-order valence-electron chi connectivity index (χ3n) is 4.03. The smallest absolute Gasteiger partial charge is 0.272 e. The zero-order chi connectivity index (χ0) is 15.6. The summed E-state index contributed by atoms with van der Waals surface area (Å²) in [5, 5.41) is 10.8. The van der Waals surface area contributed by atoms with E-state index in [-0.39, 0.29) is 22.4 Å². The Kier molecular flexibility index (Phi) is 4.45. The molecule has 2 rings (SSSR count). The number of rotatable bonds is 3. The summed E-state index contributed by atoms with van der Waals surface area (Å²) in [5.41, 5.74) is 1.81. The number of nitro groups is 1. The Morgan fingerprint density at radius 2 is 1.95 bits per heavy atom. The SMILES string of the molecule is Cc1cc(N2CCC(C(=O)N(C)C)CC2)ccc1[N+](=O)[O-]. The lowest BCUT2D eigenvalue weighted by Crippen LogP contribution is -2.40. The van der Waals surface area contributed by atoms with Gasteiger partial charge in [-0.05, 0) is 31.9 Å². The Hall–Kier alpha value is -2.11. The van der Waals surface area contributed by atoms with Gasteiger partial charge in [0, 0.05) is 50.4 Å². The van der Waals surface area contributed by atoms with Crippen molar-refractivity contribution < 1.29 is 9.72 Å². The average Bonchev–Trinajstić information content (AvgIpc) is 2.46. The van der Waals surface area contributed by atoms with E-state index < -0.39 is 0 Å². The van der Waals surface area contributed by atoms with E-state index in [0.717, 1.165) is 31.6 Å². The first-order valence-electron chi connectivity index (χ1n) is 7.11. The number of aryl methyl sites for hydroxylation is 1. The molecule has 1 aliphatic rings. The Balaban J connectivity index is 2.04. The van der Waals surface area contributed by atoms with E-state index in [9.17, 15) is 14.9 Å². The molecule has 0 N–H and O–H groups in total. The number of hydrogen-bond donors (Lipinski definition) is 0. The van der Waals surface area contributed by atoms with Crippen molar-refractivity contribution >= 4 is 17.3 Å². The van der Waals surface area contributed by atoms with Gasteiger partial charge in [0.25, 0.3) is 5.69 Å². The van der Waals surface area contributed by atoms with Crippen LogP contribution >= 0.6 is 0 Å². The van der Waals surface area contributed by atoms with Gasteiger partial charge >= 0.3 is 0 Å². The average molecular weight is 291 g/mol. The number of nitrogens with zero attached hydrogens (tertiary/aromatic N) is 3. The Labute approximate surface area is 124 Å². The van der Waals surface area contributed by atoms with Crippen molar-refractivity contribution in [1.82, 2.24) is 4.90 Å². The molecule has 1 aliphatic heterocycles. The summed E-state index contributed by atoms with van der Waals surface area (Å²) < 4.78 is 0. The maximum Gasteiger partial charge on any atom is 0.272 e. The molecule has 0 radical (unpaired) electrons. The minimum atomic E-state index is -0.360. The van der Waals surface area contributed by atoms with Gasteiger partial charge in [-0.25, -0.2) is 0 Å². The monoisotopic (exact) mass is 291 g/mol. The minimum Gasteiger partial charge on any atom is -0.371 e. The van der Waals surface area contributed by atoms with E-state index in [1.54, 1.807) is 38.1 Å². The fourth-order valence-electron chi connectivity index (χ4n) is 2.79. The molecule has 0 saturated carbocycles. The number of carbonyl (C=O) groups excluding carboxylic acids is 1. The fourth-order valence-corrected chi connectivity index (χ4v) is 2.79. The lowest BCUT2D eigenvalue weighted by Gasteiger charge is -2.34. The van der Waals surface area contributed by atoms with Crippen LogP contribution in [0.5, 0.6) is 0 Å². The molecule has 1 heterocycles. The van der Waals surface area contributed by atoms with Crippen molar-refractivity contribution in [2.45, 2.75) is 19.8 Å². The highest BCUT2D eigenvalue weighted by Crippen LogP contribution is 2.28. The molecule has 0 spiro atoms. The summed E-state index contributed by atoms with van der Waals surface area (Å²) in [7, 11) is 3.57. The van der Waals surface area contributed by atoms with E-state index in [1.807, 2.05) is 6.07 Å². The maximum atomic E-state index is 11.9. The Bertz CT molecular complexity index is 549. The quantitative estimate of drug-likeness (QED) is 0.632. The highest BCUT2D eigenvalue weighted by molar-refractivity contribution is 5.78. The molecule has 0 bridgehead atoms. The lowest BCUT2D eigenvalue weighted by molar-refractivity contribution is -0.385. The van der Waals surface area contributed by atoms with Crippen LogP contribution in [0.15, 0.2) is 18.2 Å². The van der Waals surface area contributed by atoms with E-state index >= 15 is 0 Å². The fraction of sp³-hybridized carbons (Fsp3) is 0.533. The molecule has 114 valence electrons. The van der Waals surface area contributed by atoms with Crippen LogP contribution in [0.3, 0.4) is 0 Å². The standard InChI is InChI=1S/C15H21N3O3/c1-11-10-13(4-5-14(11)18(20)21)17-8-6-12(7-9-17)15(19)16(2)3/h4-5,10,12H,6-9H2,1-3H3. The highest BCUT2D eigenvalue weighted by Gasteiger charge is 2.26. The molecule has 1 saturated heterocycles. The van der Waals surface area contributed by atoms with Gasteiger partial charge in [0.05, 0.1) is 4.92 Å².